The van der Waals surface area contributed by atoms with Gasteiger partial charge in [-0.15, -0.1) is 0 Å². The van der Waals surface area contributed by atoms with Crippen molar-refractivity contribution in [3.05, 3.63) is 109 Å². The minimum absolute atomic E-state index is 0.604. The van der Waals surface area contributed by atoms with Crippen molar-refractivity contribution < 1.29 is 36.5 Å². The molecule has 0 aliphatic heterocycles. The Bertz CT molecular complexity index is 2650. The largest absolute Gasteiger partial charge is 0.748 e. The van der Waals surface area contributed by atoms with Gasteiger partial charge in [0.1, 0.15) is 7.05 Å². The molecule has 8 rings (SSSR count). The summed E-state index contributed by atoms with van der Waals surface area (Å²) in [6.45, 7) is 0. The van der Waals surface area contributed by atoms with Crippen molar-refractivity contribution >= 4 is 75.0 Å². The molecule has 2 aromatic heterocycles. The van der Waals surface area contributed by atoms with Gasteiger partial charge in [-0.05, 0) is 52.6 Å². The number of pyridine rings is 2. The molecule has 0 spiro atoms. The van der Waals surface area contributed by atoms with Crippen LogP contribution in [0, 0.1) is 0 Å². The van der Waals surface area contributed by atoms with Gasteiger partial charge in [-0.2, -0.15) is 4.57 Å². The first-order chi connectivity index (χ1) is 24.0. The molecule has 8 aromatic rings. The van der Waals surface area contributed by atoms with E-state index in [9.17, 15) is 0 Å². The van der Waals surface area contributed by atoms with Crippen LogP contribution in [0.2, 0.25) is 0 Å². The summed E-state index contributed by atoms with van der Waals surface area (Å²) in [5.41, 5.74) is 2.24. The standard InChI is InChI=1S/C20H18NO2.C19H15NO2.CH4O3S/c1-21-12-14-10-18(22-2)19(23-3)11-17(14)16-9-8-13-6-4-5-7-15(13)20(16)21;1-21-17-9-13-11-20-19-14-6-4-3-5-12(14)7-8-15(19)16(13)10-18(17)22-2;1-5(2,3)4/h4-12H,1-3H3;3-11H,1-2H3;1H3,(H,2,3,4)/q+1;;/p-1. The van der Waals surface area contributed by atoms with Crippen molar-refractivity contribution in [2.24, 2.45) is 7.05 Å². The number of aryl methyl sites for hydroxylation is 1. The van der Waals surface area contributed by atoms with Gasteiger partial charge in [0.25, 0.3) is 0 Å². The van der Waals surface area contributed by atoms with Gasteiger partial charge in [0, 0.05) is 34.0 Å². The van der Waals surface area contributed by atoms with E-state index >= 15 is 0 Å². The first kappa shape index (κ1) is 34.2. The third-order valence-corrected chi connectivity index (χ3v) is 8.51. The molecule has 10 heteroatoms. The second-order valence-electron chi connectivity index (χ2n) is 11.7. The molecule has 0 unspecified atom stereocenters. The lowest BCUT2D eigenvalue weighted by Crippen LogP contribution is -2.28. The van der Waals surface area contributed by atoms with Crippen molar-refractivity contribution in [2.45, 2.75) is 0 Å². The van der Waals surface area contributed by atoms with E-state index < -0.39 is 10.1 Å². The molecule has 0 aliphatic carbocycles. The highest BCUT2D eigenvalue weighted by molar-refractivity contribution is 7.84. The fourth-order valence-corrected chi connectivity index (χ4v) is 6.34. The van der Waals surface area contributed by atoms with Crippen LogP contribution >= 0.6 is 0 Å². The molecule has 2 heterocycles. The zero-order valence-electron chi connectivity index (χ0n) is 28.6. The van der Waals surface area contributed by atoms with Crippen LogP contribution in [0.3, 0.4) is 0 Å². The lowest BCUT2D eigenvalue weighted by Gasteiger charge is -2.11. The lowest BCUT2D eigenvalue weighted by atomic mass is 10.0. The van der Waals surface area contributed by atoms with Gasteiger partial charge in [-0.3, -0.25) is 4.98 Å². The quantitative estimate of drug-likeness (QED) is 0.105. The van der Waals surface area contributed by atoms with Crippen molar-refractivity contribution in [2.75, 3.05) is 34.7 Å². The third kappa shape index (κ3) is 6.76. The minimum atomic E-state index is -3.92. The van der Waals surface area contributed by atoms with Gasteiger partial charge in [0.2, 0.25) is 5.52 Å². The number of fused-ring (bicyclic) bond motifs is 10. The Balaban J connectivity index is 0.000000153. The lowest BCUT2D eigenvalue weighted by molar-refractivity contribution is -0.642. The van der Waals surface area contributed by atoms with E-state index in [-0.39, 0.29) is 0 Å². The number of hydrogen-bond donors (Lipinski definition) is 0. The Hall–Kier alpha value is -5.71. The predicted molar refractivity (Wildman–Crippen MR) is 199 cm³/mol. The molecule has 6 aromatic carbocycles. The van der Waals surface area contributed by atoms with Crippen LogP contribution in [0.15, 0.2) is 109 Å². The average molecular weight is 689 g/mol. The average Bonchev–Trinajstić information content (AvgIpc) is 3.12. The number of rotatable bonds is 4. The van der Waals surface area contributed by atoms with E-state index in [0.717, 1.165) is 55.4 Å². The minimum Gasteiger partial charge on any atom is -0.748 e. The van der Waals surface area contributed by atoms with Gasteiger partial charge >= 0.3 is 0 Å². The van der Waals surface area contributed by atoms with Crippen LogP contribution in [0.4, 0.5) is 0 Å². The highest BCUT2D eigenvalue weighted by Gasteiger charge is 2.17. The number of nitrogens with zero attached hydrogens (tertiary/aromatic N) is 2. The summed E-state index contributed by atoms with van der Waals surface area (Å²) in [4.78, 5) is 4.67. The molecular formula is C40H36N2O7S. The summed E-state index contributed by atoms with van der Waals surface area (Å²) in [6.07, 6.45) is 4.64. The first-order valence-electron chi connectivity index (χ1n) is 15.6. The number of hydrogen-bond acceptors (Lipinski definition) is 8. The molecule has 254 valence electrons. The van der Waals surface area contributed by atoms with Crippen molar-refractivity contribution in [1.82, 2.24) is 4.98 Å². The fourth-order valence-electron chi connectivity index (χ4n) is 6.34. The van der Waals surface area contributed by atoms with Gasteiger partial charge in [0.15, 0.2) is 29.2 Å². The maximum absolute atomic E-state index is 9.08. The Morgan fingerprint density at radius 3 is 1.60 bits per heavy atom. The van der Waals surface area contributed by atoms with Crippen LogP contribution in [0.25, 0.3) is 64.9 Å². The van der Waals surface area contributed by atoms with Crippen LogP contribution in [0.5, 0.6) is 23.0 Å². The van der Waals surface area contributed by atoms with Crippen molar-refractivity contribution in [1.29, 1.82) is 0 Å². The highest BCUT2D eigenvalue weighted by Crippen LogP contribution is 2.37. The van der Waals surface area contributed by atoms with Crippen LogP contribution in [0.1, 0.15) is 0 Å². The first-order valence-corrected chi connectivity index (χ1v) is 17.4. The van der Waals surface area contributed by atoms with E-state index in [1.807, 2.05) is 36.5 Å². The summed E-state index contributed by atoms with van der Waals surface area (Å²) < 4.78 is 51.1. The second kappa shape index (κ2) is 14.0. The topological polar surface area (TPSA) is 111 Å². The molecule has 0 radical (unpaired) electrons. The van der Waals surface area contributed by atoms with E-state index in [0.29, 0.717) is 6.26 Å². The molecule has 9 nitrogen and oxygen atoms in total. The SMILES string of the molecule is COc1cc2c[n+](C)c3c4ccccc4ccc3c2cc1OC.COc1cc2cnc3c4ccccc4ccc3c2cc1OC.CS(=O)(=O)[O-]. The number of aromatic nitrogens is 2. The maximum atomic E-state index is 9.08. The maximum Gasteiger partial charge on any atom is 0.220 e. The summed E-state index contributed by atoms with van der Waals surface area (Å²) in [6, 6.07) is 33.5. The molecule has 0 atom stereocenters. The predicted octanol–water partition coefficient (Wildman–Crippen LogP) is 7.71. The Labute approximate surface area is 290 Å². The highest BCUT2D eigenvalue weighted by atomic mass is 32.2. The van der Waals surface area contributed by atoms with Gasteiger partial charge in [-0.1, -0.05) is 60.7 Å². The molecule has 0 N–H and O–H groups in total. The molecule has 0 fully saturated rings. The molecule has 0 saturated carbocycles. The second-order valence-corrected chi connectivity index (χ2v) is 13.1. The van der Waals surface area contributed by atoms with Gasteiger partial charge in [-0.25, -0.2) is 8.42 Å². The number of ether oxygens (including phenoxy) is 4. The number of methoxy groups -OCH3 is 4. The summed E-state index contributed by atoms with van der Waals surface area (Å²) in [5, 5.41) is 11.7. The number of benzene rings is 6. The molecule has 0 bridgehead atoms. The van der Waals surface area contributed by atoms with E-state index in [1.54, 1.807) is 28.4 Å². The van der Waals surface area contributed by atoms with E-state index in [1.165, 1.54) is 32.4 Å². The smallest absolute Gasteiger partial charge is 0.220 e. The zero-order chi connectivity index (χ0) is 35.6. The molecule has 0 saturated heterocycles. The van der Waals surface area contributed by atoms with Gasteiger partial charge < -0.3 is 23.5 Å². The zero-order valence-corrected chi connectivity index (χ0v) is 29.4. The molecular weight excluding hydrogens is 653 g/mol. The van der Waals surface area contributed by atoms with Crippen molar-refractivity contribution in [3.63, 3.8) is 0 Å². The summed E-state index contributed by atoms with van der Waals surface area (Å²) in [7, 11) is 4.81. The van der Waals surface area contributed by atoms with Gasteiger partial charge in [0.05, 0.1) is 60.2 Å². The normalized spacial score (nSPS) is 11.3. The van der Waals surface area contributed by atoms with Crippen LogP contribution < -0.4 is 23.5 Å². The summed E-state index contributed by atoms with van der Waals surface area (Å²) in [5.74, 6) is 2.95. The van der Waals surface area contributed by atoms with Crippen molar-refractivity contribution in [3.8, 4) is 23.0 Å². The van der Waals surface area contributed by atoms with Crippen LogP contribution in [-0.4, -0.2) is 52.6 Å². The Morgan fingerprint density at radius 1 is 0.560 bits per heavy atom. The fraction of sp³-hybridized carbons (Fsp3) is 0.150. The summed E-state index contributed by atoms with van der Waals surface area (Å²) >= 11 is 0. The Kier molecular flexibility index (Phi) is 9.59. The van der Waals surface area contributed by atoms with E-state index in [4.69, 9.17) is 31.9 Å². The van der Waals surface area contributed by atoms with Crippen LogP contribution in [-0.2, 0) is 17.2 Å². The molecule has 50 heavy (non-hydrogen) atoms. The monoisotopic (exact) mass is 688 g/mol. The molecule has 0 aliphatic rings. The Morgan fingerprint density at radius 2 is 1.02 bits per heavy atom. The van der Waals surface area contributed by atoms with E-state index in [2.05, 4.69) is 89.5 Å². The third-order valence-electron chi connectivity index (χ3n) is 8.51. The molecule has 0 amide bonds.